The molecule has 1 aliphatic rings. The van der Waals surface area contributed by atoms with Crippen LogP contribution in [0.3, 0.4) is 0 Å². The third-order valence-corrected chi connectivity index (χ3v) is 5.15. The van der Waals surface area contributed by atoms with Crippen molar-refractivity contribution in [3.63, 3.8) is 0 Å². The van der Waals surface area contributed by atoms with Crippen LogP contribution in [0.2, 0.25) is 0 Å². The van der Waals surface area contributed by atoms with E-state index in [0.717, 1.165) is 33.8 Å². The van der Waals surface area contributed by atoms with Crippen molar-refractivity contribution in [2.75, 3.05) is 25.6 Å². The second-order valence-electron chi connectivity index (χ2n) is 6.99. The van der Waals surface area contributed by atoms with E-state index in [1.165, 1.54) is 0 Å². The number of anilines is 2. The van der Waals surface area contributed by atoms with Gasteiger partial charge in [-0.05, 0) is 35.8 Å². The predicted octanol–water partition coefficient (Wildman–Crippen LogP) is 3.68. The van der Waals surface area contributed by atoms with E-state index in [-0.39, 0.29) is 11.6 Å². The van der Waals surface area contributed by atoms with Gasteiger partial charge in [0.1, 0.15) is 10.4 Å². The summed E-state index contributed by atoms with van der Waals surface area (Å²) in [6, 6.07) is 6.12. The number of hydrogen-bond donors (Lipinski definition) is 2. The fourth-order valence-corrected chi connectivity index (χ4v) is 3.88. The Morgan fingerprint density at radius 3 is 3.04 bits per heavy atom. The normalized spacial score (nSPS) is 19.2. The van der Waals surface area contributed by atoms with Crippen molar-refractivity contribution in [3.05, 3.63) is 47.0 Å². The zero-order valence-corrected chi connectivity index (χ0v) is 17.1. The molecular weight excluding hydrogens is 410 g/mol. The third-order valence-electron chi connectivity index (χ3n) is 4.77. The molecule has 27 heavy (non-hydrogen) atoms. The standard InChI is InChI=1S/C19H22BrN5O2/c1-19(2)16(21-7-9-27-19)13-5-4-12(10-14(13)26-3)23-17-18-22-6-8-25(18)11-15(20)24-17/h4-6,8,10-11,16,21H,7,9H2,1-3H3,(H,23,24). The molecule has 2 aromatic heterocycles. The van der Waals surface area contributed by atoms with E-state index < -0.39 is 0 Å². The molecule has 8 heteroatoms. The smallest absolute Gasteiger partial charge is 0.180 e. The van der Waals surface area contributed by atoms with E-state index in [4.69, 9.17) is 9.47 Å². The van der Waals surface area contributed by atoms with Gasteiger partial charge in [0.25, 0.3) is 0 Å². The molecule has 1 atom stereocenters. The zero-order valence-electron chi connectivity index (χ0n) is 15.5. The fourth-order valence-electron chi connectivity index (χ4n) is 3.48. The summed E-state index contributed by atoms with van der Waals surface area (Å²) in [5, 5.41) is 6.88. The van der Waals surface area contributed by atoms with Crippen LogP contribution < -0.4 is 15.4 Å². The summed E-state index contributed by atoms with van der Waals surface area (Å²) in [6.45, 7) is 5.71. The van der Waals surface area contributed by atoms with Gasteiger partial charge < -0.3 is 24.5 Å². The molecule has 3 heterocycles. The highest BCUT2D eigenvalue weighted by molar-refractivity contribution is 9.10. The summed E-state index contributed by atoms with van der Waals surface area (Å²) in [4.78, 5) is 8.88. The first kappa shape index (κ1) is 18.2. The van der Waals surface area contributed by atoms with E-state index in [1.54, 1.807) is 13.3 Å². The second kappa shape index (κ2) is 7.10. The average Bonchev–Trinajstić information content (AvgIpc) is 3.10. The summed E-state index contributed by atoms with van der Waals surface area (Å²) < 4.78 is 14.3. The maximum atomic E-state index is 5.95. The first-order valence-corrected chi connectivity index (χ1v) is 9.59. The summed E-state index contributed by atoms with van der Waals surface area (Å²) >= 11 is 3.44. The Bertz CT molecular complexity index is 972. The highest BCUT2D eigenvalue weighted by Gasteiger charge is 2.36. The molecule has 0 aliphatic carbocycles. The topological polar surface area (TPSA) is 72.7 Å². The number of halogens is 1. The molecule has 1 saturated heterocycles. The highest BCUT2D eigenvalue weighted by Crippen LogP contribution is 2.38. The number of rotatable bonds is 4. The van der Waals surface area contributed by atoms with Crippen molar-refractivity contribution in [1.82, 2.24) is 19.7 Å². The van der Waals surface area contributed by atoms with Crippen molar-refractivity contribution in [3.8, 4) is 5.75 Å². The lowest BCUT2D eigenvalue weighted by Crippen LogP contribution is -2.48. The maximum Gasteiger partial charge on any atom is 0.180 e. The Kier molecular flexibility index (Phi) is 4.79. The van der Waals surface area contributed by atoms with E-state index >= 15 is 0 Å². The number of aromatic nitrogens is 3. The van der Waals surface area contributed by atoms with Crippen LogP contribution in [0.25, 0.3) is 5.65 Å². The van der Waals surface area contributed by atoms with Crippen molar-refractivity contribution in [2.24, 2.45) is 0 Å². The monoisotopic (exact) mass is 431 g/mol. The van der Waals surface area contributed by atoms with Crippen LogP contribution in [0.5, 0.6) is 5.75 Å². The number of hydrogen-bond acceptors (Lipinski definition) is 6. The van der Waals surface area contributed by atoms with Crippen LogP contribution in [-0.4, -0.2) is 40.2 Å². The van der Waals surface area contributed by atoms with Crippen LogP contribution in [0, 0.1) is 0 Å². The highest BCUT2D eigenvalue weighted by atomic mass is 79.9. The lowest BCUT2D eigenvalue weighted by atomic mass is 9.89. The van der Waals surface area contributed by atoms with Crippen LogP contribution in [-0.2, 0) is 4.74 Å². The van der Waals surface area contributed by atoms with Gasteiger partial charge in [-0.2, -0.15) is 0 Å². The summed E-state index contributed by atoms with van der Waals surface area (Å²) in [7, 11) is 1.68. The van der Waals surface area contributed by atoms with Gasteiger partial charge in [0, 0.05) is 42.5 Å². The van der Waals surface area contributed by atoms with Crippen molar-refractivity contribution in [2.45, 2.75) is 25.5 Å². The first-order valence-electron chi connectivity index (χ1n) is 8.79. The lowest BCUT2D eigenvalue weighted by Gasteiger charge is -2.40. The van der Waals surface area contributed by atoms with Crippen LogP contribution in [0.1, 0.15) is 25.5 Å². The number of benzene rings is 1. The van der Waals surface area contributed by atoms with Gasteiger partial charge in [-0.25, -0.2) is 9.97 Å². The molecule has 0 saturated carbocycles. The molecule has 2 N–H and O–H groups in total. The number of ether oxygens (including phenoxy) is 2. The summed E-state index contributed by atoms with van der Waals surface area (Å²) in [5.41, 5.74) is 2.39. The van der Waals surface area contributed by atoms with Crippen molar-refractivity contribution < 1.29 is 9.47 Å². The Morgan fingerprint density at radius 2 is 2.26 bits per heavy atom. The van der Waals surface area contributed by atoms with Crippen molar-refractivity contribution >= 4 is 33.1 Å². The summed E-state index contributed by atoms with van der Waals surface area (Å²) in [6.07, 6.45) is 5.50. The van der Waals surface area contributed by atoms with E-state index in [1.807, 2.05) is 28.9 Å². The molecule has 0 spiro atoms. The lowest BCUT2D eigenvalue weighted by molar-refractivity contribution is -0.0726. The maximum absolute atomic E-state index is 5.95. The molecular formula is C19H22BrN5O2. The molecule has 0 amide bonds. The average molecular weight is 432 g/mol. The summed E-state index contributed by atoms with van der Waals surface area (Å²) in [5.74, 6) is 1.47. The minimum Gasteiger partial charge on any atom is -0.496 e. The number of methoxy groups -OCH3 is 1. The molecule has 7 nitrogen and oxygen atoms in total. The minimum atomic E-state index is -0.311. The van der Waals surface area contributed by atoms with Crippen LogP contribution >= 0.6 is 15.9 Å². The molecule has 0 radical (unpaired) electrons. The molecule has 142 valence electrons. The van der Waals surface area contributed by atoms with Crippen LogP contribution in [0.15, 0.2) is 41.4 Å². The third kappa shape index (κ3) is 3.52. The van der Waals surface area contributed by atoms with Gasteiger partial charge in [0.05, 0.1) is 25.4 Å². The van der Waals surface area contributed by atoms with E-state index in [0.29, 0.717) is 12.4 Å². The molecule has 4 rings (SSSR count). The van der Waals surface area contributed by atoms with Gasteiger partial charge in [0.15, 0.2) is 11.5 Å². The van der Waals surface area contributed by atoms with Gasteiger partial charge in [0.2, 0.25) is 0 Å². The zero-order chi connectivity index (χ0) is 19.0. The predicted molar refractivity (Wildman–Crippen MR) is 108 cm³/mol. The van der Waals surface area contributed by atoms with Crippen LogP contribution in [0.4, 0.5) is 11.5 Å². The van der Waals surface area contributed by atoms with Gasteiger partial charge >= 0.3 is 0 Å². The Hall–Kier alpha value is -2.16. The second-order valence-corrected chi connectivity index (χ2v) is 7.80. The van der Waals surface area contributed by atoms with Gasteiger partial charge in [-0.3, -0.25) is 0 Å². The SMILES string of the molecule is COc1cc(Nc2nc(Br)cn3ccnc23)ccc1C1NCCOC1(C)C. The molecule has 3 aromatic rings. The number of nitrogens with zero attached hydrogens (tertiary/aromatic N) is 3. The quantitative estimate of drug-likeness (QED) is 0.656. The van der Waals surface area contributed by atoms with E-state index in [2.05, 4.69) is 56.4 Å². The fraction of sp³-hybridized carbons (Fsp3) is 0.368. The van der Waals surface area contributed by atoms with E-state index in [9.17, 15) is 0 Å². The molecule has 1 aromatic carbocycles. The number of morpholine rings is 1. The molecule has 0 bridgehead atoms. The van der Waals surface area contributed by atoms with Crippen molar-refractivity contribution in [1.29, 1.82) is 0 Å². The number of imidazole rings is 1. The Balaban J connectivity index is 1.68. The first-order chi connectivity index (χ1) is 13.0. The molecule has 1 fully saturated rings. The number of fused-ring (bicyclic) bond motifs is 1. The van der Waals surface area contributed by atoms with Gasteiger partial charge in [-0.15, -0.1) is 0 Å². The Labute approximate surface area is 166 Å². The largest absolute Gasteiger partial charge is 0.496 e. The molecule has 1 aliphatic heterocycles. The number of nitrogens with one attached hydrogen (secondary N) is 2. The van der Waals surface area contributed by atoms with Gasteiger partial charge in [-0.1, -0.05) is 6.07 Å². The minimum absolute atomic E-state index is 0.0539. The Morgan fingerprint density at radius 1 is 1.41 bits per heavy atom. The molecule has 1 unspecified atom stereocenters.